The molecule has 0 spiro atoms. The number of carbonyl (C=O) groups is 1. The van der Waals surface area contributed by atoms with Gasteiger partial charge in [0.2, 0.25) is 0 Å². The molecule has 1 aliphatic rings. The fraction of sp³-hybridized carbons (Fsp3) is 0.421. The number of nitrogens with one attached hydrogen (secondary N) is 1. The first kappa shape index (κ1) is 16.6. The zero-order chi connectivity index (χ0) is 16.8. The van der Waals surface area contributed by atoms with E-state index in [2.05, 4.69) is 46.3 Å². The van der Waals surface area contributed by atoms with Crippen molar-refractivity contribution in [3.05, 3.63) is 54.0 Å². The van der Waals surface area contributed by atoms with Gasteiger partial charge < -0.3 is 14.6 Å². The van der Waals surface area contributed by atoms with Gasteiger partial charge in [-0.25, -0.2) is 0 Å². The van der Waals surface area contributed by atoms with Crippen LogP contribution in [0, 0.1) is 6.92 Å². The van der Waals surface area contributed by atoms with Crippen molar-refractivity contribution in [3.63, 3.8) is 0 Å². The van der Waals surface area contributed by atoms with Crippen LogP contribution in [0.1, 0.15) is 22.3 Å². The number of amides is 1. The molecule has 1 fully saturated rings. The summed E-state index contributed by atoms with van der Waals surface area (Å²) in [6.45, 7) is 8.12. The van der Waals surface area contributed by atoms with Crippen LogP contribution in [0.5, 0.6) is 0 Å². The van der Waals surface area contributed by atoms with Gasteiger partial charge in [-0.2, -0.15) is 0 Å². The lowest BCUT2D eigenvalue weighted by atomic mass is 10.2. The molecule has 2 heterocycles. The summed E-state index contributed by atoms with van der Waals surface area (Å²) in [5.41, 5.74) is 3.21. The van der Waals surface area contributed by atoms with Crippen LogP contribution < -0.4 is 10.2 Å². The molecule has 5 nitrogen and oxygen atoms in total. The first-order valence-corrected chi connectivity index (χ1v) is 8.57. The van der Waals surface area contributed by atoms with E-state index in [9.17, 15) is 4.79 Å². The predicted octanol–water partition coefficient (Wildman–Crippen LogP) is 2.53. The van der Waals surface area contributed by atoms with Crippen LogP contribution in [0.3, 0.4) is 0 Å². The first-order valence-electron chi connectivity index (χ1n) is 8.57. The molecule has 0 atom stereocenters. The standard InChI is InChI=1S/C19H25N3O2/c1-16-4-2-5-18(14-16)22-11-9-21(10-12-22)8-3-7-20-19(23)17-6-13-24-15-17/h2,4-6,13-15H,3,7-12H2,1H3,(H,20,23). The van der Waals surface area contributed by atoms with E-state index in [1.165, 1.54) is 23.8 Å². The summed E-state index contributed by atoms with van der Waals surface area (Å²) < 4.78 is 4.92. The second kappa shape index (κ2) is 8.02. The summed E-state index contributed by atoms with van der Waals surface area (Å²) >= 11 is 0. The zero-order valence-electron chi connectivity index (χ0n) is 14.2. The smallest absolute Gasteiger partial charge is 0.254 e. The fourth-order valence-corrected chi connectivity index (χ4v) is 3.05. The number of aryl methyl sites for hydroxylation is 1. The number of rotatable bonds is 6. The van der Waals surface area contributed by atoms with Gasteiger partial charge in [0.25, 0.3) is 5.91 Å². The molecule has 1 amide bonds. The lowest BCUT2D eigenvalue weighted by Gasteiger charge is -2.36. The molecule has 0 saturated carbocycles. The van der Waals surface area contributed by atoms with Crippen molar-refractivity contribution in [2.75, 3.05) is 44.2 Å². The van der Waals surface area contributed by atoms with Crippen LogP contribution in [0.4, 0.5) is 5.69 Å². The maximum atomic E-state index is 11.8. The lowest BCUT2D eigenvalue weighted by Crippen LogP contribution is -2.47. The molecular weight excluding hydrogens is 302 g/mol. The summed E-state index contributed by atoms with van der Waals surface area (Å²) in [6.07, 6.45) is 3.95. The Labute approximate surface area is 143 Å². The summed E-state index contributed by atoms with van der Waals surface area (Å²) in [5.74, 6) is -0.0620. The minimum absolute atomic E-state index is 0.0620. The van der Waals surface area contributed by atoms with Gasteiger partial charge in [0, 0.05) is 38.4 Å². The van der Waals surface area contributed by atoms with Gasteiger partial charge in [-0.15, -0.1) is 0 Å². The molecule has 1 aliphatic heterocycles. The van der Waals surface area contributed by atoms with Crippen LogP contribution >= 0.6 is 0 Å². The topological polar surface area (TPSA) is 48.7 Å². The van der Waals surface area contributed by atoms with E-state index >= 15 is 0 Å². The molecule has 1 saturated heterocycles. The van der Waals surface area contributed by atoms with Crippen LogP contribution in [0.2, 0.25) is 0 Å². The van der Waals surface area contributed by atoms with Crippen molar-refractivity contribution in [2.45, 2.75) is 13.3 Å². The average molecular weight is 327 g/mol. The van der Waals surface area contributed by atoms with Crippen molar-refractivity contribution < 1.29 is 9.21 Å². The number of hydrogen-bond acceptors (Lipinski definition) is 4. The monoisotopic (exact) mass is 327 g/mol. The molecule has 1 aromatic carbocycles. The normalized spacial score (nSPS) is 15.5. The Hall–Kier alpha value is -2.27. The molecule has 0 bridgehead atoms. The van der Waals surface area contributed by atoms with Gasteiger partial charge in [-0.1, -0.05) is 12.1 Å². The Kier molecular flexibility index (Phi) is 5.54. The van der Waals surface area contributed by atoms with E-state index in [0.29, 0.717) is 12.1 Å². The molecular formula is C19H25N3O2. The highest BCUT2D eigenvalue weighted by Gasteiger charge is 2.16. The number of piperazine rings is 1. The SMILES string of the molecule is Cc1cccc(N2CCN(CCCNC(=O)c3ccoc3)CC2)c1. The second-order valence-electron chi connectivity index (χ2n) is 6.29. The Bertz CT molecular complexity index is 646. The number of hydrogen-bond donors (Lipinski definition) is 1. The Balaban J connectivity index is 1.35. The Morgan fingerprint density at radius 1 is 1.21 bits per heavy atom. The highest BCUT2D eigenvalue weighted by molar-refractivity contribution is 5.93. The summed E-state index contributed by atoms with van der Waals surface area (Å²) in [7, 11) is 0. The van der Waals surface area contributed by atoms with Crippen LogP contribution in [-0.2, 0) is 0 Å². The Morgan fingerprint density at radius 2 is 2.04 bits per heavy atom. The minimum atomic E-state index is -0.0620. The third-order valence-corrected chi connectivity index (χ3v) is 4.46. The van der Waals surface area contributed by atoms with Crippen molar-refractivity contribution in [1.82, 2.24) is 10.2 Å². The maximum absolute atomic E-state index is 11.8. The number of furan rings is 1. The van der Waals surface area contributed by atoms with Crippen molar-refractivity contribution in [1.29, 1.82) is 0 Å². The second-order valence-corrected chi connectivity index (χ2v) is 6.29. The number of nitrogens with zero attached hydrogens (tertiary/aromatic N) is 2. The highest BCUT2D eigenvalue weighted by Crippen LogP contribution is 2.17. The molecule has 0 unspecified atom stereocenters. The molecule has 128 valence electrons. The lowest BCUT2D eigenvalue weighted by molar-refractivity contribution is 0.0951. The maximum Gasteiger partial charge on any atom is 0.254 e. The van der Waals surface area contributed by atoms with Crippen LogP contribution in [-0.4, -0.2) is 50.1 Å². The van der Waals surface area contributed by atoms with E-state index < -0.39 is 0 Å². The first-order chi connectivity index (χ1) is 11.7. The zero-order valence-corrected chi connectivity index (χ0v) is 14.2. The van der Waals surface area contributed by atoms with Gasteiger partial charge in [-0.05, 0) is 43.7 Å². The number of benzene rings is 1. The van der Waals surface area contributed by atoms with E-state index in [1.54, 1.807) is 6.07 Å². The highest BCUT2D eigenvalue weighted by atomic mass is 16.3. The van der Waals surface area contributed by atoms with E-state index in [4.69, 9.17) is 4.42 Å². The number of carbonyl (C=O) groups excluding carboxylic acids is 1. The van der Waals surface area contributed by atoms with Crippen LogP contribution in [0.25, 0.3) is 0 Å². The average Bonchev–Trinajstić information content (AvgIpc) is 3.14. The molecule has 0 radical (unpaired) electrons. The summed E-state index contributed by atoms with van der Waals surface area (Å²) in [5, 5.41) is 2.93. The molecule has 3 rings (SSSR count). The third-order valence-electron chi connectivity index (χ3n) is 4.46. The largest absolute Gasteiger partial charge is 0.472 e. The molecule has 5 heteroatoms. The van der Waals surface area contributed by atoms with E-state index in [0.717, 1.165) is 39.1 Å². The van der Waals surface area contributed by atoms with E-state index in [-0.39, 0.29) is 5.91 Å². The van der Waals surface area contributed by atoms with Crippen molar-refractivity contribution in [3.8, 4) is 0 Å². The summed E-state index contributed by atoms with van der Waals surface area (Å²) in [4.78, 5) is 16.7. The molecule has 2 aromatic rings. The van der Waals surface area contributed by atoms with Gasteiger partial charge in [0.05, 0.1) is 11.8 Å². The van der Waals surface area contributed by atoms with Crippen molar-refractivity contribution >= 4 is 11.6 Å². The quantitative estimate of drug-likeness (QED) is 0.828. The van der Waals surface area contributed by atoms with Gasteiger partial charge >= 0.3 is 0 Å². The van der Waals surface area contributed by atoms with Crippen LogP contribution in [0.15, 0.2) is 47.3 Å². The predicted molar refractivity (Wildman–Crippen MR) is 95.5 cm³/mol. The van der Waals surface area contributed by atoms with E-state index in [1.807, 2.05) is 0 Å². The third kappa shape index (κ3) is 4.38. The number of anilines is 1. The molecule has 0 aliphatic carbocycles. The van der Waals surface area contributed by atoms with Gasteiger partial charge in [0.1, 0.15) is 6.26 Å². The Morgan fingerprint density at radius 3 is 2.75 bits per heavy atom. The van der Waals surface area contributed by atoms with Gasteiger partial charge in [0.15, 0.2) is 0 Å². The molecule has 1 aromatic heterocycles. The molecule has 24 heavy (non-hydrogen) atoms. The van der Waals surface area contributed by atoms with Crippen molar-refractivity contribution in [2.24, 2.45) is 0 Å². The fourth-order valence-electron chi connectivity index (χ4n) is 3.05. The minimum Gasteiger partial charge on any atom is -0.472 e. The van der Waals surface area contributed by atoms with Gasteiger partial charge in [-0.3, -0.25) is 9.69 Å². The summed E-state index contributed by atoms with van der Waals surface area (Å²) in [6, 6.07) is 10.4. The molecule has 1 N–H and O–H groups in total.